The number of nitrogens with one attached hydrogen (secondary N) is 1. The van der Waals surface area contributed by atoms with Crippen LogP contribution >= 0.6 is 0 Å². The molecule has 0 spiro atoms. The SMILES string of the molecule is Cc1ccc(N2CC(C(=O)Nc3ccc(S(=O)(=O)N(C)C(C)C)cc3)CC2=O)c(F)c1. The average Bonchev–Trinajstić information content (AvgIpc) is 3.09. The van der Waals surface area contributed by atoms with Gasteiger partial charge in [-0.05, 0) is 62.7 Å². The number of sulfonamides is 1. The molecule has 0 aromatic heterocycles. The maximum absolute atomic E-state index is 14.2. The highest BCUT2D eigenvalue weighted by Crippen LogP contribution is 2.29. The first-order chi connectivity index (χ1) is 14.5. The summed E-state index contributed by atoms with van der Waals surface area (Å²) >= 11 is 0. The first-order valence-electron chi connectivity index (χ1n) is 9.96. The molecule has 0 bridgehead atoms. The summed E-state index contributed by atoms with van der Waals surface area (Å²) in [6, 6.07) is 10.3. The molecular weight excluding hydrogens is 421 g/mol. The van der Waals surface area contributed by atoms with E-state index in [-0.39, 0.29) is 41.4 Å². The van der Waals surface area contributed by atoms with E-state index in [1.54, 1.807) is 26.8 Å². The summed E-state index contributed by atoms with van der Waals surface area (Å²) < 4.78 is 40.6. The van der Waals surface area contributed by atoms with Gasteiger partial charge in [-0.1, -0.05) is 6.07 Å². The summed E-state index contributed by atoms with van der Waals surface area (Å²) in [5.41, 5.74) is 1.32. The lowest BCUT2D eigenvalue weighted by atomic mass is 10.1. The Morgan fingerprint density at radius 2 is 1.84 bits per heavy atom. The molecule has 31 heavy (non-hydrogen) atoms. The van der Waals surface area contributed by atoms with Crippen LogP contribution in [0.15, 0.2) is 47.4 Å². The summed E-state index contributed by atoms with van der Waals surface area (Å²) in [7, 11) is -2.11. The van der Waals surface area contributed by atoms with Gasteiger partial charge >= 0.3 is 0 Å². The van der Waals surface area contributed by atoms with Crippen molar-refractivity contribution in [3.05, 3.63) is 53.8 Å². The zero-order valence-corrected chi connectivity index (χ0v) is 18.7. The Kier molecular flexibility index (Phi) is 6.47. The lowest BCUT2D eigenvalue weighted by Gasteiger charge is -2.21. The number of nitrogens with zero attached hydrogens (tertiary/aromatic N) is 2. The summed E-state index contributed by atoms with van der Waals surface area (Å²) in [6.45, 7) is 5.39. The molecule has 7 nitrogen and oxygen atoms in total. The first-order valence-corrected chi connectivity index (χ1v) is 11.4. The highest BCUT2D eigenvalue weighted by atomic mass is 32.2. The molecule has 1 heterocycles. The van der Waals surface area contributed by atoms with Crippen LogP contribution < -0.4 is 10.2 Å². The molecule has 3 rings (SSSR count). The van der Waals surface area contributed by atoms with Gasteiger partial charge in [-0.15, -0.1) is 0 Å². The van der Waals surface area contributed by atoms with E-state index < -0.39 is 21.8 Å². The van der Waals surface area contributed by atoms with Gasteiger partial charge in [-0.3, -0.25) is 9.59 Å². The van der Waals surface area contributed by atoms with Crippen molar-refractivity contribution in [3.8, 4) is 0 Å². The fourth-order valence-corrected chi connectivity index (χ4v) is 4.71. The Labute approximate surface area is 181 Å². The van der Waals surface area contributed by atoms with E-state index >= 15 is 0 Å². The van der Waals surface area contributed by atoms with Crippen molar-refractivity contribution in [2.24, 2.45) is 5.92 Å². The monoisotopic (exact) mass is 447 g/mol. The molecular formula is C22H26FN3O4S. The number of carbonyl (C=O) groups excluding carboxylic acids is 2. The average molecular weight is 448 g/mol. The van der Waals surface area contributed by atoms with Gasteiger partial charge in [0.15, 0.2) is 0 Å². The van der Waals surface area contributed by atoms with E-state index in [4.69, 9.17) is 0 Å². The zero-order valence-electron chi connectivity index (χ0n) is 17.9. The van der Waals surface area contributed by atoms with Crippen molar-refractivity contribution in [2.45, 2.75) is 38.1 Å². The second-order valence-corrected chi connectivity index (χ2v) is 9.99. The van der Waals surface area contributed by atoms with Crippen molar-refractivity contribution in [3.63, 3.8) is 0 Å². The molecule has 166 valence electrons. The van der Waals surface area contributed by atoms with Crippen molar-refractivity contribution >= 4 is 33.2 Å². The van der Waals surface area contributed by atoms with Gasteiger partial charge in [0.1, 0.15) is 5.82 Å². The number of amides is 2. The predicted molar refractivity (Wildman–Crippen MR) is 117 cm³/mol. The fraction of sp³-hybridized carbons (Fsp3) is 0.364. The molecule has 2 amide bonds. The van der Waals surface area contributed by atoms with E-state index in [0.717, 1.165) is 5.56 Å². The highest BCUT2D eigenvalue weighted by molar-refractivity contribution is 7.89. The number of hydrogen-bond acceptors (Lipinski definition) is 4. The number of aryl methyl sites for hydroxylation is 1. The van der Waals surface area contributed by atoms with Crippen LogP contribution in [0.5, 0.6) is 0 Å². The van der Waals surface area contributed by atoms with E-state index in [2.05, 4.69) is 5.32 Å². The second-order valence-electron chi connectivity index (χ2n) is 7.99. The van der Waals surface area contributed by atoms with Gasteiger partial charge in [0.25, 0.3) is 0 Å². The molecule has 1 unspecified atom stereocenters. The van der Waals surface area contributed by atoms with Crippen molar-refractivity contribution in [1.29, 1.82) is 0 Å². The number of halogens is 1. The largest absolute Gasteiger partial charge is 0.326 e. The quantitative estimate of drug-likeness (QED) is 0.737. The van der Waals surface area contributed by atoms with Gasteiger partial charge < -0.3 is 10.2 Å². The molecule has 1 aliphatic rings. The van der Waals surface area contributed by atoms with Crippen LogP contribution in [0.1, 0.15) is 25.8 Å². The molecule has 1 aliphatic heterocycles. The molecule has 1 N–H and O–H groups in total. The summed E-state index contributed by atoms with van der Waals surface area (Å²) in [4.78, 5) is 26.4. The smallest absolute Gasteiger partial charge is 0.243 e. The van der Waals surface area contributed by atoms with E-state index in [0.29, 0.717) is 5.69 Å². The molecule has 0 saturated carbocycles. The minimum atomic E-state index is -3.62. The van der Waals surface area contributed by atoms with E-state index in [1.807, 2.05) is 0 Å². The number of carbonyl (C=O) groups is 2. The molecule has 1 fully saturated rings. The van der Waals surface area contributed by atoms with Crippen LogP contribution in [0, 0.1) is 18.7 Å². The third-order valence-electron chi connectivity index (χ3n) is 5.42. The molecule has 1 atom stereocenters. The van der Waals surface area contributed by atoms with Crippen LogP contribution in [0.25, 0.3) is 0 Å². The van der Waals surface area contributed by atoms with Crippen molar-refractivity contribution in [2.75, 3.05) is 23.8 Å². The zero-order chi connectivity index (χ0) is 22.9. The number of rotatable bonds is 6. The van der Waals surface area contributed by atoms with E-state index in [1.165, 1.54) is 52.7 Å². The first kappa shape index (κ1) is 22.9. The fourth-order valence-electron chi connectivity index (χ4n) is 3.35. The molecule has 0 radical (unpaired) electrons. The Bertz CT molecular complexity index is 1100. The van der Waals surface area contributed by atoms with Crippen LogP contribution in [-0.2, 0) is 19.6 Å². The maximum Gasteiger partial charge on any atom is 0.243 e. The van der Waals surface area contributed by atoms with Crippen LogP contribution in [0.4, 0.5) is 15.8 Å². The van der Waals surface area contributed by atoms with Crippen LogP contribution in [0.3, 0.4) is 0 Å². The van der Waals surface area contributed by atoms with Crippen molar-refractivity contribution < 1.29 is 22.4 Å². The lowest BCUT2D eigenvalue weighted by Crippen LogP contribution is -2.33. The number of hydrogen-bond donors (Lipinski definition) is 1. The van der Waals surface area contributed by atoms with E-state index in [9.17, 15) is 22.4 Å². The Morgan fingerprint density at radius 1 is 1.19 bits per heavy atom. The van der Waals surface area contributed by atoms with Gasteiger partial charge in [0, 0.05) is 31.7 Å². The lowest BCUT2D eigenvalue weighted by molar-refractivity contribution is -0.122. The third-order valence-corrected chi connectivity index (χ3v) is 7.46. The number of anilines is 2. The summed E-state index contributed by atoms with van der Waals surface area (Å²) in [5.74, 6) is -1.83. The highest BCUT2D eigenvalue weighted by Gasteiger charge is 2.36. The minimum Gasteiger partial charge on any atom is -0.326 e. The second kappa shape index (κ2) is 8.76. The third kappa shape index (κ3) is 4.77. The van der Waals surface area contributed by atoms with Crippen LogP contribution in [0.2, 0.25) is 0 Å². The summed E-state index contributed by atoms with van der Waals surface area (Å²) in [6.07, 6.45) is -0.0230. The maximum atomic E-state index is 14.2. The molecule has 9 heteroatoms. The van der Waals surface area contributed by atoms with Crippen molar-refractivity contribution in [1.82, 2.24) is 4.31 Å². The molecule has 1 saturated heterocycles. The molecule has 2 aromatic carbocycles. The minimum absolute atomic E-state index is 0.0230. The Hall–Kier alpha value is -2.78. The van der Waals surface area contributed by atoms with Gasteiger partial charge in [0.2, 0.25) is 21.8 Å². The van der Waals surface area contributed by atoms with Gasteiger partial charge in [-0.2, -0.15) is 4.31 Å². The Morgan fingerprint density at radius 3 is 2.42 bits per heavy atom. The van der Waals surface area contributed by atoms with Gasteiger partial charge in [0.05, 0.1) is 16.5 Å². The predicted octanol–water partition coefficient (Wildman–Crippen LogP) is 3.15. The molecule has 0 aliphatic carbocycles. The molecule has 2 aromatic rings. The van der Waals surface area contributed by atoms with Gasteiger partial charge in [-0.25, -0.2) is 12.8 Å². The normalized spacial score (nSPS) is 16.9. The van der Waals surface area contributed by atoms with Crippen LogP contribution in [-0.4, -0.2) is 44.2 Å². The Balaban J connectivity index is 1.69. The number of benzene rings is 2. The topological polar surface area (TPSA) is 86.8 Å². The summed E-state index contributed by atoms with van der Waals surface area (Å²) in [5, 5.41) is 2.71. The standard InChI is InChI=1S/C22H26FN3O4S/c1-14(2)25(4)31(29,30)18-8-6-17(7-9-18)24-22(28)16-12-21(27)26(13-16)20-10-5-15(3)11-19(20)23/h5-11,14,16H,12-13H2,1-4H3,(H,24,28).